The van der Waals surface area contributed by atoms with Crippen molar-refractivity contribution in [3.05, 3.63) is 35.9 Å². The number of benzene rings is 1. The van der Waals surface area contributed by atoms with E-state index in [0.29, 0.717) is 6.04 Å². The standard InChI is InChI=1S/C13H21NO/c1-3-13(14-10-11-15-4-2)12-8-6-5-7-9-12/h5-9,13-14H,3-4,10-11H2,1-2H3/t13-/m0/s1. The van der Waals surface area contributed by atoms with Crippen LogP contribution in [0.3, 0.4) is 0 Å². The fraction of sp³-hybridized carbons (Fsp3) is 0.538. The minimum Gasteiger partial charge on any atom is -0.380 e. The summed E-state index contributed by atoms with van der Waals surface area (Å²) >= 11 is 0. The molecule has 0 aliphatic heterocycles. The summed E-state index contributed by atoms with van der Waals surface area (Å²) in [4.78, 5) is 0. The lowest BCUT2D eigenvalue weighted by molar-refractivity contribution is 0.146. The second kappa shape index (κ2) is 7.43. The van der Waals surface area contributed by atoms with Crippen LogP contribution < -0.4 is 5.32 Å². The van der Waals surface area contributed by atoms with Gasteiger partial charge < -0.3 is 10.1 Å². The zero-order valence-corrected chi connectivity index (χ0v) is 9.70. The molecule has 1 aromatic rings. The molecule has 0 unspecified atom stereocenters. The summed E-state index contributed by atoms with van der Waals surface area (Å²) in [6.45, 7) is 6.73. The van der Waals surface area contributed by atoms with E-state index in [1.807, 2.05) is 6.92 Å². The van der Waals surface area contributed by atoms with Gasteiger partial charge in [-0.25, -0.2) is 0 Å². The summed E-state index contributed by atoms with van der Waals surface area (Å²) in [5.74, 6) is 0. The Bertz CT molecular complexity index is 248. The maximum Gasteiger partial charge on any atom is 0.0590 e. The lowest BCUT2D eigenvalue weighted by Crippen LogP contribution is -2.24. The van der Waals surface area contributed by atoms with Crippen molar-refractivity contribution < 1.29 is 4.74 Å². The molecule has 0 saturated carbocycles. The van der Waals surface area contributed by atoms with Crippen LogP contribution in [-0.2, 0) is 4.74 Å². The van der Waals surface area contributed by atoms with Gasteiger partial charge in [-0.05, 0) is 18.9 Å². The molecule has 2 nitrogen and oxygen atoms in total. The predicted molar refractivity (Wildman–Crippen MR) is 64.0 cm³/mol. The van der Waals surface area contributed by atoms with Gasteiger partial charge in [0, 0.05) is 19.2 Å². The lowest BCUT2D eigenvalue weighted by atomic mass is 10.1. The molecule has 1 atom stereocenters. The van der Waals surface area contributed by atoms with Gasteiger partial charge in [0.1, 0.15) is 0 Å². The molecule has 0 heterocycles. The third-order valence-corrected chi connectivity index (χ3v) is 2.45. The number of rotatable bonds is 7. The van der Waals surface area contributed by atoms with E-state index in [4.69, 9.17) is 4.74 Å². The first-order valence-electron chi connectivity index (χ1n) is 5.74. The number of hydrogen-bond donors (Lipinski definition) is 1. The summed E-state index contributed by atoms with van der Waals surface area (Å²) in [5, 5.41) is 3.50. The maximum atomic E-state index is 5.30. The highest BCUT2D eigenvalue weighted by Crippen LogP contribution is 2.15. The minimum atomic E-state index is 0.451. The first-order valence-corrected chi connectivity index (χ1v) is 5.74. The van der Waals surface area contributed by atoms with Gasteiger partial charge in [-0.3, -0.25) is 0 Å². The minimum absolute atomic E-state index is 0.451. The van der Waals surface area contributed by atoms with Crippen LogP contribution in [0.25, 0.3) is 0 Å². The van der Waals surface area contributed by atoms with Crippen LogP contribution in [0, 0.1) is 0 Å². The Morgan fingerprint density at radius 1 is 1.20 bits per heavy atom. The molecule has 0 aromatic heterocycles. The molecule has 84 valence electrons. The quantitative estimate of drug-likeness (QED) is 0.694. The molecule has 1 N–H and O–H groups in total. The fourth-order valence-electron chi connectivity index (χ4n) is 1.63. The van der Waals surface area contributed by atoms with Gasteiger partial charge >= 0.3 is 0 Å². The Morgan fingerprint density at radius 2 is 1.93 bits per heavy atom. The van der Waals surface area contributed by atoms with E-state index in [2.05, 4.69) is 42.6 Å². The SMILES string of the molecule is CCOCCN[C@@H](CC)c1ccccc1. The Kier molecular flexibility index (Phi) is 6.05. The van der Waals surface area contributed by atoms with Gasteiger partial charge in [0.25, 0.3) is 0 Å². The highest BCUT2D eigenvalue weighted by molar-refractivity contribution is 5.18. The van der Waals surface area contributed by atoms with E-state index in [0.717, 1.165) is 26.2 Å². The molecule has 15 heavy (non-hydrogen) atoms. The molecule has 2 heteroatoms. The molecule has 0 radical (unpaired) electrons. The summed E-state index contributed by atoms with van der Waals surface area (Å²) in [6.07, 6.45) is 1.11. The normalized spacial score (nSPS) is 12.7. The fourth-order valence-corrected chi connectivity index (χ4v) is 1.63. The molecule has 1 aromatic carbocycles. The van der Waals surface area contributed by atoms with Crippen LogP contribution in [0.5, 0.6) is 0 Å². The summed E-state index contributed by atoms with van der Waals surface area (Å²) in [6, 6.07) is 11.0. The van der Waals surface area contributed by atoms with E-state index < -0.39 is 0 Å². The highest BCUT2D eigenvalue weighted by Gasteiger charge is 2.06. The van der Waals surface area contributed by atoms with E-state index in [9.17, 15) is 0 Å². The Labute approximate surface area is 92.6 Å². The number of ether oxygens (including phenoxy) is 1. The molecule has 0 saturated heterocycles. The van der Waals surface area contributed by atoms with E-state index in [-0.39, 0.29) is 0 Å². The van der Waals surface area contributed by atoms with Crippen molar-refractivity contribution in [2.75, 3.05) is 19.8 Å². The predicted octanol–water partition coefficient (Wildman–Crippen LogP) is 2.76. The number of nitrogens with one attached hydrogen (secondary N) is 1. The van der Waals surface area contributed by atoms with E-state index in [1.165, 1.54) is 5.56 Å². The van der Waals surface area contributed by atoms with Crippen molar-refractivity contribution in [3.63, 3.8) is 0 Å². The Balaban J connectivity index is 2.36. The topological polar surface area (TPSA) is 21.3 Å². The average molecular weight is 207 g/mol. The first-order chi connectivity index (χ1) is 7.38. The molecule has 0 amide bonds. The Morgan fingerprint density at radius 3 is 2.53 bits per heavy atom. The lowest BCUT2D eigenvalue weighted by Gasteiger charge is -2.17. The van der Waals surface area contributed by atoms with E-state index >= 15 is 0 Å². The molecule has 0 fully saturated rings. The zero-order chi connectivity index (χ0) is 10.9. The van der Waals surface area contributed by atoms with Crippen molar-refractivity contribution in [3.8, 4) is 0 Å². The molecule has 0 aliphatic carbocycles. The van der Waals surface area contributed by atoms with Crippen LogP contribution in [0.15, 0.2) is 30.3 Å². The average Bonchev–Trinajstić information content (AvgIpc) is 2.30. The molecule has 0 spiro atoms. The van der Waals surface area contributed by atoms with Crippen LogP contribution in [-0.4, -0.2) is 19.8 Å². The first kappa shape index (κ1) is 12.2. The smallest absolute Gasteiger partial charge is 0.0590 e. The van der Waals surface area contributed by atoms with Crippen molar-refractivity contribution in [1.82, 2.24) is 5.32 Å². The molecule has 0 aliphatic rings. The second-order valence-electron chi connectivity index (χ2n) is 3.52. The van der Waals surface area contributed by atoms with E-state index in [1.54, 1.807) is 0 Å². The van der Waals surface area contributed by atoms with Crippen molar-refractivity contribution in [2.45, 2.75) is 26.3 Å². The van der Waals surface area contributed by atoms with Gasteiger partial charge in [-0.15, -0.1) is 0 Å². The highest BCUT2D eigenvalue weighted by atomic mass is 16.5. The Hall–Kier alpha value is -0.860. The third-order valence-electron chi connectivity index (χ3n) is 2.45. The van der Waals surface area contributed by atoms with Gasteiger partial charge in [-0.2, -0.15) is 0 Å². The zero-order valence-electron chi connectivity index (χ0n) is 9.70. The van der Waals surface area contributed by atoms with Crippen molar-refractivity contribution >= 4 is 0 Å². The van der Waals surface area contributed by atoms with Gasteiger partial charge in [-0.1, -0.05) is 37.3 Å². The monoisotopic (exact) mass is 207 g/mol. The summed E-state index contributed by atoms with van der Waals surface area (Å²) < 4.78 is 5.30. The maximum absolute atomic E-state index is 5.30. The van der Waals surface area contributed by atoms with Gasteiger partial charge in [0.05, 0.1) is 6.61 Å². The van der Waals surface area contributed by atoms with Crippen LogP contribution in [0.2, 0.25) is 0 Å². The van der Waals surface area contributed by atoms with Crippen LogP contribution >= 0.6 is 0 Å². The van der Waals surface area contributed by atoms with Crippen molar-refractivity contribution in [2.24, 2.45) is 0 Å². The number of hydrogen-bond acceptors (Lipinski definition) is 2. The van der Waals surface area contributed by atoms with Gasteiger partial charge in [0.2, 0.25) is 0 Å². The van der Waals surface area contributed by atoms with Crippen molar-refractivity contribution in [1.29, 1.82) is 0 Å². The largest absolute Gasteiger partial charge is 0.380 e. The molecule has 1 rings (SSSR count). The molecule has 0 bridgehead atoms. The summed E-state index contributed by atoms with van der Waals surface area (Å²) in [5.41, 5.74) is 1.36. The summed E-state index contributed by atoms with van der Waals surface area (Å²) in [7, 11) is 0. The third kappa shape index (κ3) is 4.45. The van der Waals surface area contributed by atoms with Crippen LogP contribution in [0.1, 0.15) is 31.9 Å². The molecular weight excluding hydrogens is 186 g/mol. The molecular formula is C13H21NO. The van der Waals surface area contributed by atoms with Gasteiger partial charge in [0.15, 0.2) is 0 Å². The second-order valence-corrected chi connectivity index (χ2v) is 3.52. The van der Waals surface area contributed by atoms with Crippen LogP contribution in [0.4, 0.5) is 0 Å².